The third kappa shape index (κ3) is 1.91. The van der Waals surface area contributed by atoms with Crippen LogP contribution in [-0.4, -0.2) is 29.1 Å². The zero-order valence-corrected chi connectivity index (χ0v) is 5.96. The standard InChI is InChI=1S/C6H10N2O3/c7-6(2-5(10)11)1-4(9)8-3-6/h1-3,7H2,(H,8,9)(H,10,11). The summed E-state index contributed by atoms with van der Waals surface area (Å²) >= 11 is 0. The Balaban J connectivity index is 2.55. The topological polar surface area (TPSA) is 92.4 Å². The van der Waals surface area contributed by atoms with Gasteiger partial charge in [0, 0.05) is 13.0 Å². The van der Waals surface area contributed by atoms with E-state index in [9.17, 15) is 9.59 Å². The van der Waals surface area contributed by atoms with E-state index in [1.807, 2.05) is 0 Å². The number of nitrogens with two attached hydrogens (primary N) is 1. The summed E-state index contributed by atoms with van der Waals surface area (Å²) in [5.41, 5.74) is 4.71. The van der Waals surface area contributed by atoms with Gasteiger partial charge in [0.2, 0.25) is 5.91 Å². The maximum absolute atomic E-state index is 10.7. The number of carboxylic acids is 1. The molecule has 11 heavy (non-hydrogen) atoms. The Morgan fingerprint density at radius 2 is 2.45 bits per heavy atom. The quantitative estimate of drug-likeness (QED) is 0.464. The van der Waals surface area contributed by atoms with Crippen LogP contribution in [0.2, 0.25) is 0 Å². The highest BCUT2D eigenvalue weighted by Crippen LogP contribution is 2.15. The first-order chi connectivity index (χ1) is 5.02. The summed E-state index contributed by atoms with van der Waals surface area (Å²) in [4.78, 5) is 20.9. The highest BCUT2D eigenvalue weighted by molar-refractivity contribution is 5.81. The van der Waals surface area contributed by atoms with E-state index < -0.39 is 11.5 Å². The molecule has 0 bridgehead atoms. The van der Waals surface area contributed by atoms with Crippen molar-refractivity contribution in [3.8, 4) is 0 Å². The zero-order valence-electron chi connectivity index (χ0n) is 5.96. The molecule has 1 fully saturated rings. The maximum atomic E-state index is 10.7. The van der Waals surface area contributed by atoms with Crippen LogP contribution in [0.3, 0.4) is 0 Å². The van der Waals surface area contributed by atoms with Crippen molar-refractivity contribution in [3.05, 3.63) is 0 Å². The highest BCUT2D eigenvalue weighted by Gasteiger charge is 2.36. The molecule has 1 saturated heterocycles. The van der Waals surface area contributed by atoms with E-state index in [1.54, 1.807) is 0 Å². The lowest BCUT2D eigenvalue weighted by atomic mass is 9.96. The van der Waals surface area contributed by atoms with E-state index in [2.05, 4.69) is 5.32 Å². The van der Waals surface area contributed by atoms with Gasteiger partial charge in [0.1, 0.15) is 0 Å². The lowest BCUT2D eigenvalue weighted by Gasteiger charge is -2.17. The molecular weight excluding hydrogens is 148 g/mol. The van der Waals surface area contributed by atoms with E-state index in [1.165, 1.54) is 0 Å². The van der Waals surface area contributed by atoms with Crippen LogP contribution >= 0.6 is 0 Å². The molecule has 1 rings (SSSR count). The first-order valence-corrected chi connectivity index (χ1v) is 3.29. The molecule has 1 atom stereocenters. The number of hydrogen-bond acceptors (Lipinski definition) is 3. The Bertz CT molecular complexity index is 204. The molecule has 4 N–H and O–H groups in total. The van der Waals surface area contributed by atoms with E-state index in [4.69, 9.17) is 10.8 Å². The van der Waals surface area contributed by atoms with Crippen LogP contribution in [0, 0.1) is 0 Å². The third-order valence-electron chi connectivity index (χ3n) is 1.65. The normalized spacial score (nSPS) is 30.1. The Morgan fingerprint density at radius 1 is 1.82 bits per heavy atom. The van der Waals surface area contributed by atoms with Gasteiger partial charge < -0.3 is 16.2 Å². The van der Waals surface area contributed by atoms with Crippen LogP contribution in [0.1, 0.15) is 12.8 Å². The van der Waals surface area contributed by atoms with Crippen molar-refractivity contribution in [2.24, 2.45) is 5.73 Å². The Hall–Kier alpha value is -1.10. The van der Waals surface area contributed by atoms with Crippen LogP contribution in [0.15, 0.2) is 0 Å². The van der Waals surface area contributed by atoms with Crippen molar-refractivity contribution in [3.63, 3.8) is 0 Å². The zero-order chi connectivity index (χ0) is 8.48. The van der Waals surface area contributed by atoms with Crippen LogP contribution in [0.4, 0.5) is 0 Å². The third-order valence-corrected chi connectivity index (χ3v) is 1.65. The summed E-state index contributed by atoms with van der Waals surface area (Å²) in [5.74, 6) is -1.14. The molecule has 0 aromatic carbocycles. The van der Waals surface area contributed by atoms with E-state index in [-0.39, 0.29) is 25.3 Å². The average molecular weight is 158 g/mol. The van der Waals surface area contributed by atoms with Crippen molar-refractivity contribution in [1.29, 1.82) is 0 Å². The maximum Gasteiger partial charge on any atom is 0.305 e. The van der Waals surface area contributed by atoms with Crippen molar-refractivity contribution in [2.75, 3.05) is 6.54 Å². The Labute approximate surface area is 63.6 Å². The van der Waals surface area contributed by atoms with Crippen LogP contribution in [-0.2, 0) is 9.59 Å². The van der Waals surface area contributed by atoms with Gasteiger partial charge in [-0.05, 0) is 0 Å². The number of carboxylic acid groups (broad SMARTS) is 1. The minimum Gasteiger partial charge on any atom is -0.481 e. The second-order valence-corrected chi connectivity index (χ2v) is 2.89. The predicted octanol–water partition coefficient (Wildman–Crippen LogP) is -1.32. The summed E-state index contributed by atoms with van der Waals surface area (Å²) < 4.78 is 0. The van der Waals surface area contributed by atoms with Crippen LogP contribution < -0.4 is 11.1 Å². The molecule has 1 heterocycles. The van der Waals surface area contributed by atoms with Crippen LogP contribution in [0.25, 0.3) is 0 Å². The minimum atomic E-state index is -0.969. The monoisotopic (exact) mass is 158 g/mol. The fourth-order valence-corrected chi connectivity index (χ4v) is 1.15. The molecule has 5 nitrogen and oxygen atoms in total. The van der Waals surface area contributed by atoms with Crippen molar-refractivity contribution in [1.82, 2.24) is 5.32 Å². The molecule has 0 aromatic heterocycles. The van der Waals surface area contributed by atoms with Gasteiger partial charge in [-0.25, -0.2) is 0 Å². The van der Waals surface area contributed by atoms with Crippen molar-refractivity contribution in [2.45, 2.75) is 18.4 Å². The molecule has 1 aliphatic heterocycles. The predicted molar refractivity (Wildman–Crippen MR) is 36.8 cm³/mol. The highest BCUT2D eigenvalue weighted by atomic mass is 16.4. The molecule has 0 spiro atoms. The number of amides is 1. The summed E-state index contributed by atoms with van der Waals surface area (Å²) in [7, 11) is 0. The molecule has 1 amide bonds. The summed E-state index contributed by atoms with van der Waals surface area (Å²) in [6.45, 7) is 0.262. The molecule has 1 aliphatic rings. The average Bonchev–Trinajstić information content (AvgIpc) is 2.08. The van der Waals surface area contributed by atoms with Crippen LogP contribution in [0.5, 0.6) is 0 Å². The lowest BCUT2D eigenvalue weighted by molar-refractivity contribution is -0.138. The second-order valence-electron chi connectivity index (χ2n) is 2.89. The van der Waals surface area contributed by atoms with Gasteiger partial charge in [0.25, 0.3) is 0 Å². The number of carbonyl (C=O) groups is 2. The Kier molecular flexibility index (Phi) is 1.82. The molecule has 1 unspecified atom stereocenters. The number of carbonyl (C=O) groups excluding carboxylic acids is 1. The SMILES string of the molecule is NC1(CC(=O)O)CNC(=O)C1. The molecule has 0 aromatic rings. The van der Waals surface area contributed by atoms with Crippen molar-refractivity contribution < 1.29 is 14.7 Å². The van der Waals surface area contributed by atoms with Gasteiger partial charge in [-0.2, -0.15) is 0 Å². The molecular formula is C6H10N2O3. The minimum absolute atomic E-state index is 0.110. The molecule has 0 radical (unpaired) electrons. The van der Waals surface area contributed by atoms with Gasteiger partial charge in [0.15, 0.2) is 0 Å². The first kappa shape index (κ1) is 8.00. The fraction of sp³-hybridized carbons (Fsp3) is 0.667. The van der Waals surface area contributed by atoms with E-state index >= 15 is 0 Å². The summed E-state index contributed by atoms with van der Waals surface area (Å²) in [6.07, 6.45) is -0.0506. The second kappa shape index (κ2) is 2.50. The number of aliphatic carboxylic acids is 1. The largest absolute Gasteiger partial charge is 0.481 e. The smallest absolute Gasteiger partial charge is 0.305 e. The summed E-state index contributed by atoms with van der Waals surface area (Å²) in [5, 5.41) is 10.9. The van der Waals surface area contributed by atoms with E-state index in [0.29, 0.717) is 0 Å². The number of nitrogens with one attached hydrogen (secondary N) is 1. The van der Waals surface area contributed by atoms with Gasteiger partial charge in [0.05, 0.1) is 12.0 Å². The molecule has 5 heteroatoms. The molecule has 0 aliphatic carbocycles. The van der Waals surface area contributed by atoms with Gasteiger partial charge in [-0.3, -0.25) is 9.59 Å². The lowest BCUT2D eigenvalue weighted by Crippen LogP contribution is -2.43. The Morgan fingerprint density at radius 3 is 2.82 bits per heavy atom. The van der Waals surface area contributed by atoms with Gasteiger partial charge >= 0.3 is 5.97 Å². The van der Waals surface area contributed by atoms with Gasteiger partial charge in [-0.15, -0.1) is 0 Å². The van der Waals surface area contributed by atoms with Crippen molar-refractivity contribution >= 4 is 11.9 Å². The number of hydrogen-bond donors (Lipinski definition) is 3. The number of rotatable bonds is 2. The van der Waals surface area contributed by atoms with E-state index in [0.717, 1.165) is 0 Å². The molecule has 0 saturated carbocycles. The molecule has 62 valence electrons. The summed E-state index contributed by atoms with van der Waals surface area (Å²) in [6, 6.07) is 0. The fourth-order valence-electron chi connectivity index (χ4n) is 1.15. The van der Waals surface area contributed by atoms with Gasteiger partial charge in [-0.1, -0.05) is 0 Å². The first-order valence-electron chi connectivity index (χ1n) is 3.29.